The Labute approximate surface area is 83.1 Å². The number of carbonyl (C=O) groups is 1. The Bertz CT molecular complexity index is 201. The van der Waals surface area contributed by atoms with Gasteiger partial charge < -0.3 is 20.3 Å². The second-order valence-electron chi connectivity index (χ2n) is 3.84. The monoisotopic (exact) mass is 203 g/mol. The van der Waals surface area contributed by atoms with Gasteiger partial charge in [-0.2, -0.15) is 0 Å². The lowest BCUT2D eigenvalue weighted by atomic mass is 9.81. The molecule has 0 radical (unpaired) electrons. The third kappa shape index (κ3) is 2.67. The van der Waals surface area contributed by atoms with Gasteiger partial charge >= 0.3 is 0 Å². The quantitative estimate of drug-likeness (QED) is 0.526. The van der Waals surface area contributed by atoms with E-state index in [0.717, 1.165) is 0 Å². The molecule has 1 saturated heterocycles. The van der Waals surface area contributed by atoms with Gasteiger partial charge in [0, 0.05) is 13.2 Å². The van der Waals surface area contributed by atoms with E-state index in [2.05, 4.69) is 5.32 Å². The Kier molecular flexibility index (Phi) is 3.86. The van der Waals surface area contributed by atoms with Crippen molar-refractivity contribution in [2.45, 2.75) is 26.0 Å². The van der Waals surface area contributed by atoms with Crippen LogP contribution in [0.15, 0.2) is 0 Å². The average Bonchev–Trinajstić information content (AvgIpc) is 2.18. The maximum atomic E-state index is 11.7. The summed E-state index contributed by atoms with van der Waals surface area (Å²) >= 11 is 0. The van der Waals surface area contributed by atoms with Gasteiger partial charge in [0.15, 0.2) is 0 Å². The predicted molar refractivity (Wildman–Crippen MR) is 49.4 cm³/mol. The molecular weight excluding hydrogens is 186 g/mol. The molecule has 1 heterocycles. The van der Waals surface area contributed by atoms with Crippen LogP contribution in [0.1, 0.15) is 19.8 Å². The summed E-state index contributed by atoms with van der Waals surface area (Å²) in [5.74, 6) is -0.220. The maximum absolute atomic E-state index is 11.7. The van der Waals surface area contributed by atoms with Crippen molar-refractivity contribution in [1.29, 1.82) is 0 Å². The van der Waals surface area contributed by atoms with Gasteiger partial charge in [0.2, 0.25) is 5.91 Å². The van der Waals surface area contributed by atoms with Crippen LogP contribution >= 0.6 is 0 Å². The lowest BCUT2D eigenvalue weighted by Crippen LogP contribution is -2.47. The lowest BCUT2D eigenvalue weighted by molar-refractivity contribution is -0.139. The summed E-state index contributed by atoms with van der Waals surface area (Å²) in [6, 6.07) is 0. The number of aliphatic hydroxyl groups is 2. The third-order valence-electron chi connectivity index (χ3n) is 2.62. The van der Waals surface area contributed by atoms with E-state index in [1.54, 1.807) is 0 Å². The molecule has 0 aromatic rings. The zero-order chi connectivity index (χ0) is 10.6. The number of hydrogen-bond donors (Lipinski definition) is 3. The lowest BCUT2D eigenvalue weighted by Gasteiger charge is -2.32. The Morgan fingerprint density at radius 1 is 1.57 bits per heavy atom. The first kappa shape index (κ1) is 11.4. The van der Waals surface area contributed by atoms with E-state index in [4.69, 9.17) is 14.9 Å². The fourth-order valence-electron chi connectivity index (χ4n) is 1.42. The standard InChI is InChI=1S/C9H17NO4/c1-9(2-4-14-5-3-9)8(13)10-7(12)6-11/h7,11-12H,2-6H2,1H3,(H,10,13)/t7-/m0/s1. The first-order chi connectivity index (χ1) is 6.58. The van der Waals surface area contributed by atoms with E-state index in [0.29, 0.717) is 26.1 Å². The molecule has 1 fully saturated rings. The number of nitrogens with one attached hydrogen (secondary N) is 1. The highest BCUT2D eigenvalue weighted by atomic mass is 16.5. The van der Waals surface area contributed by atoms with Crippen molar-refractivity contribution in [1.82, 2.24) is 5.32 Å². The zero-order valence-electron chi connectivity index (χ0n) is 8.32. The fraction of sp³-hybridized carbons (Fsp3) is 0.889. The summed E-state index contributed by atoms with van der Waals surface area (Å²) in [5.41, 5.74) is -0.478. The molecule has 0 spiro atoms. The van der Waals surface area contributed by atoms with Gasteiger partial charge in [-0.15, -0.1) is 0 Å². The number of hydrogen-bond acceptors (Lipinski definition) is 4. The van der Waals surface area contributed by atoms with Crippen LogP contribution in [0.2, 0.25) is 0 Å². The maximum Gasteiger partial charge on any atom is 0.228 e. The van der Waals surface area contributed by atoms with E-state index in [-0.39, 0.29) is 5.91 Å². The summed E-state index contributed by atoms with van der Waals surface area (Å²) in [6.07, 6.45) is 0.135. The van der Waals surface area contributed by atoms with Gasteiger partial charge in [0.25, 0.3) is 0 Å². The molecule has 5 nitrogen and oxygen atoms in total. The van der Waals surface area contributed by atoms with E-state index >= 15 is 0 Å². The van der Waals surface area contributed by atoms with Crippen LogP contribution in [0, 0.1) is 5.41 Å². The van der Waals surface area contributed by atoms with E-state index < -0.39 is 18.2 Å². The molecule has 1 aliphatic rings. The normalized spacial score (nSPS) is 22.8. The molecule has 1 aliphatic heterocycles. The first-order valence-corrected chi connectivity index (χ1v) is 4.76. The van der Waals surface area contributed by atoms with Crippen LogP contribution in [0.3, 0.4) is 0 Å². The van der Waals surface area contributed by atoms with Crippen molar-refractivity contribution in [3.63, 3.8) is 0 Å². The summed E-state index contributed by atoms with van der Waals surface area (Å²) in [6.45, 7) is 2.52. The number of aliphatic hydroxyl groups excluding tert-OH is 2. The van der Waals surface area contributed by atoms with Crippen LogP contribution in [-0.2, 0) is 9.53 Å². The van der Waals surface area contributed by atoms with Gasteiger partial charge in [0.1, 0.15) is 6.23 Å². The number of amides is 1. The van der Waals surface area contributed by atoms with Crippen LogP contribution in [0.25, 0.3) is 0 Å². The number of rotatable bonds is 3. The molecule has 1 rings (SSSR count). The highest BCUT2D eigenvalue weighted by Gasteiger charge is 2.35. The van der Waals surface area contributed by atoms with Crippen LogP contribution in [-0.4, -0.2) is 42.2 Å². The van der Waals surface area contributed by atoms with Crippen molar-refractivity contribution in [2.24, 2.45) is 5.41 Å². The third-order valence-corrected chi connectivity index (χ3v) is 2.62. The first-order valence-electron chi connectivity index (χ1n) is 4.76. The minimum atomic E-state index is -1.16. The molecule has 5 heteroatoms. The van der Waals surface area contributed by atoms with Gasteiger partial charge in [0.05, 0.1) is 12.0 Å². The van der Waals surface area contributed by atoms with Crippen molar-refractivity contribution < 1.29 is 19.7 Å². The van der Waals surface area contributed by atoms with Crippen molar-refractivity contribution in [3.8, 4) is 0 Å². The van der Waals surface area contributed by atoms with Crippen LogP contribution in [0.4, 0.5) is 0 Å². The van der Waals surface area contributed by atoms with Gasteiger partial charge in [-0.1, -0.05) is 6.92 Å². The Morgan fingerprint density at radius 3 is 2.64 bits per heavy atom. The summed E-state index contributed by atoms with van der Waals surface area (Å²) in [7, 11) is 0. The SMILES string of the molecule is CC1(C(=O)N[C@@H](O)CO)CCOCC1. The molecule has 1 amide bonds. The Balaban J connectivity index is 2.49. The molecule has 1 atom stereocenters. The highest BCUT2D eigenvalue weighted by Crippen LogP contribution is 2.29. The average molecular weight is 203 g/mol. The minimum absolute atomic E-state index is 0.220. The number of carbonyl (C=O) groups excluding carboxylic acids is 1. The Morgan fingerprint density at radius 2 is 2.14 bits per heavy atom. The molecule has 0 unspecified atom stereocenters. The molecule has 0 aliphatic carbocycles. The van der Waals surface area contributed by atoms with Crippen molar-refractivity contribution in [3.05, 3.63) is 0 Å². The van der Waals surface area contributed by atoms with Crippen LogP contribution in [0.5, 0.6) is 0 Å². The molecule has 14 heavy (non-hydrogen) atoms. The summed E-state index contributed by atoms with van der Waals surface area (Å²) in [5, 5.41) is 20.0. The molecule has 0 aromatic heterocycles. The molecule has 0 bridgehead atoms. The van der Waals surface area contributed by atoms with Gasteiger partial charge in [-0.3, -0.25) is 4.79 Å². The Hall–Kier alpha value is -0.650. The molecule has 3 N–H and O–H groups in total. The van der Waals surface area contributed by atoms with E-state index in [1.807, 2.05) is 6.92 Å². The predicted octanol–water partition coefficient (Wildman–Crippen LogP) is -0.770. The smallest absolute Gasteiger partial charge is 0.228 e. The summed E-state index contributed by atoms with van der Waals surface area (Å²) < 4.78 is 5.15. The second kappa shape index (κ2) is 4.72. The molecule has 82 valence electrons. The zero-order valence-corrected chi connectivity index (χ0v) is 8.32. The van der Waals surface area contributed by atoms with E-state index in [1.165, 1.54) is 0 Å². The fourth-order valence-corrected chi connectivity index (χ4v) is 1.42. The van der Waals surface area contributed by atoms with Crippen LogP contribution < -0.4 is 5.32 Å². The number of ether oxygens (including phenoxy) is 1. The molecule has 0 aromatic carbocycles. The second-order valence-corrected chi connectivity index (χ2v) is 3.84. The van der Waals surface area contributed by atoms with Crippen molar-refractivity contribution >= 4 is 5.91 Å². The summed E-state index contributed by atoms with van der Waals surface area (Å²) in [4.78, 5) is 11.7. The largest absolute Gasteiger partial charge is 0.392 e. The minimum Gasteiger partial charge on any atom is -0.392 e. The van der Waals surface area contributed by atoms with Gasteiger partial charge in [-0.25, -0.2) is 0 Å². The van der Waals surface area contributed by atoms with Gasteiger partial charge in [-0.05, 0) is 12.8 Å². The van der Waals surface area contributed by atoms with E-state index in [9.17, 15) is 4.79 Å². The molecular formula is C9H17NO4. The van der Waals surface area contributed by atoms with Crippen molar-refractivity contribution in [2.75, 3.05) is 19.8 Å². The highest BCUT2D eigenvalue weighted by molar-refractivity contribution is 5.82. The topological polar surface area (TPSA) is 78.8 Å². The molecule has 0 saturated carbocycles.